The third-order valence-corrected chi connectivity index (χ3v) is 3.71. The van der Waals surface area contributed by atoms with Crippen LogP contribution in [0.5, 0.6) is 0 Å². The van der Waals surface area contributed by atoms with E-state index in [0.717, 1.165) is 13.1 Å². The van der Waals surface area contributed by atoms with Crippen LogP contribution in [0.3, 0.4) is 0 Å². The molecule has 0 aromatic heterocycles. The van der Waals surface area contributed by atoms with Gasteiger partial charge in [0.25, 0.3) is 0 Å². The molecule has 0 radical (unpaired) electrons. The molecule has 2 heteroatoms. The summed E-state index contributed by atoms with van der Waals surface area (Å²) in [5.74, 6) is 0.621. The van der Waals surface area contributed by atoms with Crippen molar-refractivity contribution >= 4 is 0 Å². The van der Waals surface area contributed by atoms with E-state index in [-0.39, 0.29) is 0 Å². The minimum atomic E-state index is 0.532. The highest BCUT2D eigenvalue weighted by Crippen LogP contribution is 2.34. The van der Waals surface area contributed by atoms with E-state index >= 15 is 0 Å². The molecule has 16 heavy (non-hydrogen) atoms. The number of piperidine rings is 1. The topological polar surface area (TPSA) is 29.3 Å². The largest absolute Gasteiger partial charge is 0.330 e. The van der Waals surface area contributed by atoms with Crippen LogP contribution in [0.1, 0.15) is 31.4 Å². The maximum absolute atomic E-state index is 5.92. The molecule has 0 saturated carbocycles. The second-order valence-corrected chi connectivity index (χ2v) is 4.62. The molecule has 2 nitrogen and oxygen atoms in total. The van der Waals surface area contributed by atoms with Crippen LogP contribution in [0, 0.1) is 5.92 Å². The molecular formula is C14H22N2. The van der Waals surface area contributed by atoms with Gasteiger partial charge in [-0.3, -0.25) is 4.90 Å². The number of likely N-dealkylation sites (tertiary alicyclic amines) is 1. The molecule has 88 valence electrons. The lowest BCUT2D eigenvalue weighted by Crippen LogP contribution is -2.41. The monoisotopic (exact) mass is 218 g/mol. The normalized spacial score (nSPS) is 26.9. The summed E-state index contributed by atoms with van der Waals surface area (Å²) in [6.45, 7) is 5.38. The van der Waals surface area contributed by atoms with Gasteiger partial charge in [0.15, 0.2) is 0 Å². The van der Waals surface area contributed by atoms with Crippen molar-refractivity contribution in [2.24, 2.45) is 11.7 Å². The Balaban J connectivity index is 2.24. The predicted molar refractivity (Wildman–Crippen MR) is 68.2 cm³/mol. The quantitative estimate of drug-likeness (QED) is 0.844. The molecule has 1 aromatic rings. The van der Waals surface area contributed by atoms with E-state index in [1.165, 1.54) is 24.9 Å². The lowest BCUT2D eigenvalue weighted by Gasteiger charge is -2.40. The Kier molecular flexibility index (Phi) is 3.97. The van der Waals surface area contributed by atoms with Gasteiger partial charge in [-0.1, -0.05) is 37.3 Å². The first-order valence-electron chi connectivity index (χ1n) is 6.36. The fourth-order valence-electron chi connectivity index (χ4n) is 2.89. The number of hydrogen-bond donors (Lipinski definition) is 1. The molecule has 0 bridgehead atoms. The Morgan fingerprint density at radius 1 is 1.31 bits per heavy atom. The molecule has 1 aliphatic heterocycles. The minimum Gasteiger partial charge on any atom is -0.330 e. The van der Waals surface area contributed by atoms with Gasteiger partial charge in [-0.2, -0.15) is 0 Å². The predicted octanol–water partition coefficient (Wildman–Crippen LogP) is 2.42. The zero-order chi connectivity index (χ0) is 11.4. The molecule has 0 aliphatic carbocycles. The number of benzene rings is 1. The Morgan fingerprint density at radius 3 is 2.69 bits per heavy atom. The molecule has 2 N–H and O–H groups in total. The summed E-state index contributed by atoms with van der Waals surface area (Å²) in [5, 5.41) is 0. The summed E-state index contributed by atoms with van der Waals surface area (Å²) in [5.41, 5.74) is 7.35. The maximum atomic E-state index is 5.92. The summed E-state index contributed by atoms with van der Waals surface area (Å²) in [6.07, 6.45) is 2.56. The number of nitrogens with two attached hydrogens (primary N) is 1. The Bertz CT molecular complexity index is 298. The van der Waals surface area contributed by atoms with Gasteiger partial charge >= 0.3 is 0 Å². The van der Waals surface area contributed by atoms with Crippen LogP contribution in [0.25, 0.3) is 0 Å². The van der Waals surface area contributed by atoms with E-state index in [9.17, 15) is 0 Å². The highest BCUT2D eigenvalue weighted by atomic mass is 15.2. The Hall–Kier alpha value is -0.860. The molecule has 1 saturated heterocycles. The van der Waals surface area contributed by atoms with Crippen LogP contribution in [0.4, 0.5) is 0 Å². The molecule has 0 spiro atoms. The average Bonchev–Trinajstić information content (AvgIpc) is 2.38. The second-order valence-electron chi connectivity index (χ2n) is 4.62. The van der Waals surface area contributed by atoms with Crippen LogP contribution < -0.4 is 5.73 Å². The highest BCUT2D eigenvalue weighted by molar-refractivity contribution is 5.20. The Labute approximate surface area is 98.4 Å². The molecule has 1 aliphatic rings. The van der Waals surface area contributed by atoms with Gasteiger partial charge in [-0.15, -0.1) is 0 Å². The molecule has 1 fully saturated rings. The van der Waals surface area contributed by atoms with Gasteiger partial charge in [-0.25, -0.2) is 0 Å². The lowest BCUT2D eigenvalue weighted by atomic mass is 9.85. The summed E-state index contributed by atoms with van der Waals surface area (Å²) in [4.78, 5) is 2.57. The van der Waals surface area contributed by atoms with Crippen molar-refractivity contribution in [1.82, 2.24) is 4.90 Å². The van der Waals surface area contributed by atoms with E-state index < -0.39 is 0 Å². The zero-order valence-electron chi connectivity index (χ0n) is 10.1. The van der Waals surface area contributed by atoms with Gasteiger partial charge < -0.3 is 5.73 Å². The molecule has 2 atom stereocenters. The third-order valence-electron chi connectivity index (χ3n) is 3.71. The number of rotatable bonds is 3. The van der Waals surface area contributed by atoms with Crippen molar-refractivity contribution in [3.8, 4) is 0 Å². The van der Waals surface area contributed by atoms with Crippen molar-refractivity contribution in [2.75, 3.05) is 19.6 Å². The average molecular weight is 218 g/mol. The molecule has 0 amide bonds. The molecular weight excluding hydrogens is 196 g/mol. The Morgan fingerprint density at radius 2 is 2.06 bits per heavy atom. The van der Waals surface area contributed by atoms with Crippen molar-refractivity contribution in [3.63, 3.8) is 0 Å². The molecule has 2 rings (SSSR count). The summed E-state index contributed by atoms with van der Waals surface area (Å²) >= 11 is 0. The zero-order valence-corrected chi connectivity index (χ0v) is 10.1. The first-order valence-corrected chi connectivity index (χ1v) is 6.36. The van der Waals surface area contributed by atoms with E-state index in [1.54, 1.807) is 0 Å². The van der Waals surface area contributed by atoms with Crippen molar-refractivity contribution in [3.05, 3.63) is 35.9 Å². The van der Waals surface area contributed by atoms with Crippen molar-refractivity contribution in [1.29, 1.82) is 0 Å². The fraction of sp³-hybridized carbons (Fsp3) is 0.571. The summed E-state index contributed by atoms with van der Waals surface area (Å²) in [7, 11) is 0. The van der Waals surface area contributed by atoms with E-state index in [4.69, 9.17) is 5.73 Å². The number of nitrogens with zero attached hydrogens (tertiary/aromatic N) is 1. The standard InChI is InChI=1S/C14H22N2/c1-2-16-10-6-9-13(11-15)14(16)12-7-4-3-5-8-12/h3-5,7-8,13-14H,2,6,9-11,15H2,1H3. The van der Waals surface area contributed by atoms with Gasteiger partial charge in [0.1, 0.15) is 0 Å². The van der Waals surface area contributed by atoms with Crippen LogP contribution in [0.15, 0.2) is 30.3 Å². The van der Waals surface area contributed by atoms with Crippen LogP contribution in [-0.4, -0.2) is 24.5 Å². The first kappa shape index (κ1) is 11.6. The van der Waals surface area contributed by atoms with E-state index in [2.05, 4.69) is 42.2 Å². The lowest BCUT2D eigenvalue weighted by molar-refractivity contribution is 0.102. The van der Waals surface area contributed by atoms with Crippen molar-refractivity contribution in [2.45, 2.75) is 25.8 Å². The molecule has 2 unspecified atom stereocenters. The van der Waals surface area contributed by atoms with Gasteiger partial charge in [0.2, 0.25) is 0 Å². The minimum absolute atomic E-state index is 0.532. The van der Waals surface area contributed by atoms with Crippen LogP contribution in [-0.2, 0) is 0 Å². The van der Waals surface area contributed by atoms with Gasteiger partial charge in [0, 0.05) is 6.04 Å². The second kappa shape index (κ2) is 5.46. The van der Waals surface area contributed by atoms with Crippen LogP contribution >= 0.6 is 0 Å². The van der Waals surface area contributed by atoms with E-state index in [0.29, 0.717) is 12.0 Å². The highest BCUT2D eigenvalue weighted by Gasteiger charge is 2.30. The SMILES string of the molecule is CCN1CCCC(CN)C1c1ccccc1. The summed E-state index contributed by atoms with van der Waals surface area (Å²) in [6, 6.07) is 11.4. The molecule has 1 aromatic carbocycles. The molecule has 1 heterocycles. The summed E-state index contributed by atoms with van der Waals surface area (Å²) < 4.78 is 0. The van der Waals surface area contributed by atoms with Crippen molar-refractivity contribution < 1.29 is 0 Å². The third kappa shape index (κ3) is 2.28. The van der Waals surface area contributed by atoms with Gasteiger partial charge in [-0.05, 0) is 44.0 Å². The van der Waals surface area contributed by atoms with E-state index in [1.807, 2.05) is 0 Å². The van der Waals surface area contributed by atoms with Gasteiger partial charge in [0.05, 0.1) is 0 Å². The fourth-order valence-corrected chi connectivity index (χ4v) is 2.89. The maximum Gasteiger partial charge on any atom is 0.0388 e. The first-order chi connectivity index (χ1) is 7.86. The smallest absolute Gasteiger partial charge is 0.0388 e. The van der Waals surface area contributed by atoms with Crippen LogP contribution in [0.2, 0.25) is 0 Å². The number of hydrogen-bond acceptors (Lipinski definition) is 2.